The highest BCUT2D eigenvalue weighted by atomic mass is 16.2. The van der Waals surface area contributed by atoms with Crippen molar-refractivity contribution in [2.75, 3.05) is 26.2 Å². The largest absolute Gasteiger partial charge is 0.355 e. The van der Waals surface area contributed by atoms with Crippen LogP contribution in [0.1, 0.15) is 38.9 Å². The Kier molecular flexibility index (Phi) is 6.23. The van der Waals surface area contributed by atoms with Crippen molar-refractivity contribution in [1.82, 2.24) is 19.8 Å². The molecule has 5 heteroatoms. The molecule has 0 aromatic carbocycles. The minimum Gasteiger partial charge on any atom is -0.355 e. The molecule has 2 heterocycles. The van der Waals surface area contributed by atoms with Crippen LogP contribution in [-0.4, -0.2) is 46.5 Å². The van der Waals surface area contributed by atoms with Gasteiger partial charge >= 0.3 is 0 Å². The summed E-state index contributed by atoms with van der Waals surface area (Å²) in [6.07, 6.45) is 8.31. The second-order valence-corrected chi connectivity index (χ2v) is 5.92. The van der Waals surface area contributed by atoms with Crippen LogP contribution in [0.4, 0.5) is 0 Å². The molecule has 5 nitrogen and oxygen atoms in total. The molecule has 118 valence electrons. The van der Waals surface area contributed by atoms with Crippen molar-refractivity contribution < 1.29 is 4.79 Å². The van der Waals surface area contributed by atoms with Crippen molar-refractivity contribution >= 4 is 5.91 Å². The number of likely N-dealkylation sites (tertiary alicyclic amines) is 1. The predicted molar refractivity (Wildman–Crippen MR) is 84.1 cm³/mol. The summed E-state index contributed by atoms with van der Waals surface area (Å²) >= 11 is 0. The standard InChI is InChI=1S/C16H28N4O/c1-3-7-18-16(21)13-19-9-5-14(6-10-19)12-20-11-8-17-15(20)4-2/h8,11,14H,3-7,9-10,12-13H2,1-2H3,(H,18,21). The van der Waals surface area contributed by atoms with Gasteiger partial charge in [0.1, 0.15) is 5.82 Å². The van der Waals surface area contributed by atoms with Crippen molar-refractivity contribution in [2.45, 2.75) is 46.1 Å². The molecule has 0 aliphatic carbocycles. The molecule has 1 saturated heterocycles. The van der Waals surface area contributed by atoms with E-state index in [2.05, 4.69) is 39.8 Å². The van der Waals surface area contributed by atoms with E-state index in [1.54, 1.807) is 0 Å². The molecular formula is C16H28N4O. The van der Waals surface area contributed by atoms with Gasteiger partial charge in [-0.25, -0.2) is 4.98 Å². The van der Waals surface area contributed by atoms with Crippen LogP contribution in [0.5, 0.6) is 0 Å². The van der Waals surface area contributed by atoms with Crippen LogP contribution < -0.4 is 5.32 Å². The number of amides is 1. The fraction of sp³-hybridized carbons (Fsp3) is 0.750. The lowest BCUT2D eigenvalue weighted by atomic mass is 9.96. The maximum atomic E-state index is 11.7. The van der Waals surface area contributed by atoms with E-state index in [-0.39, 0.29) is 5.91 Å². The molecule has 0 radical (unpaired) electrons. The molecule has 1 N–H and O–H groups in total. The summed E-state index contributed by atoms with van der Waals surface area (Å²) in [7, 11) is 0. The third-order valence-electron chi connectivity index (χ3n) is 4.22. The lowest BCUT2D eigenvalue weighted by Crippen LogP contribution is -2.42. The smallest absolute Gasteiger partial charge is 0.234 e. The van der Waals surface area contributed by atoms with Gasteiger partial charge in [0.05, 0.1) is 6.54 Å². The van der Waals surface area contributed by atoms with Crippen molar-refractivity contribution in [1.29, 1.82) is 0 Å². The summed E-state index contributed by atoms with van der Waals surface area (Å²) in [5, 5.41) is 2.95. The predicted octanol–water partition coefficient (Wildman–Crippen LogP) is 1.68. The van der Waals surface area contributed by atoms with E-state index in [0.29, 0.717) is 12.5 Å². The quantitative estimate of drug-likeness (QED) is 0.832. The molecule has 1 aliphatic rings. The Balaban J connectivity index is 1.72. The first-order valence-electron chi connectivity index (χ1n) is 8.22. The van der Waals surface area contributed by atoms with E-state index in [0.717, 1.165) is 39.0 Å². The first-order valence-corrected chi connectivity index (χ1v) is 8.22. The zero-order valence-electron chi connectivity index (χ0n) is 13.3. The van der Waals surface area contributed by atoms with Crippen LogP contribution in [0.2, 0.25) is 0 Å². The molecular weight excluding hydrogens is 264 g/mol. The van der Waals surface area contributed by atoms with Gasteiger partial charge in [0.15, 0.2) is 0 Å². The molecule has 1 aromatic heterocycles. The fourth-order valence-electron chi connectivity index (χ4n) is 2.95. The third kappa shape index (κ3) is 4.84. The van der Waals surface area contributed by atoms with Gasteiger partial charge in [-0.2, -0.15) is 0 Å². The van der Waals surface area contributed by atoms with Gasteiger partial charge in [0.25, 0.3) is 0 Å². The van der Waals surface area contributed by atoms with Gasteiger partial charge in [-0.15, -0.1) is 0 Å². The topological polar surface area (TPSA) is 50.2 Å². The highest BCUT2D eigenvalue weighted by Crippen LogP contribution is 2.19. The van der Waals surface area contributed by atoms with E-state index >= 15 is 0 Å². The van der Waals surface area contributed by atoms with E-state index < -0.39 is 0 Å². The van der Waals surface area contributed by atoms with Gasteiger partial charge in [-0.1, -0.05) is 13.8 Å². The maximum Gasteiger partial charge on any atom is 0.234 e. The van der Waals surface area contributed by atoms with Crippen molar-refractivity contribution in [3.63, 3.8) is 0 Å². The molecule has 1 amide bonds. The summed E-state index contributed by atoms with van der Waals surface area (Å²) in [4.78, 5) is 18.4. The Hall–Kier alpha value is -1.36. The molecule has 1 aliphatic heterocycles. The SMILES string of the molecule is CCCNC(=O)CN1CCC(Cn2ccnc2CC)CC1. The van der Waals surface area contributed by atoms with Gasteiger partial charge in [0.2, 0.25) is 5.91 Å². The summed E-state index contributed by atoms with van der Waals surface area (Å²) in [5.74, 6) is 2.05. The lowest BCUT2D eigenvalue weighted by Gasteiger charge is -2.31. The second-order valence-electron chi connectivity index (χ2n) is 5.92. The van der Waals surface area contributed by atoms with Crippen LogP contribution in [0, 0.1) is 5.92 Å². The molecule has 0 saturated carbocycles. The fourth-order valence-corrected chi connectivity index (χ4v) is 2.95. The molecule has 0 spiro atoms. The average molecular weight is 292 g/mol. The zero-order chi connectivity index (χ0) is 15.1. The number of hydrogen-bond acceptors (Lipinski definition) is 3. The number of carbonyl (C=O) groups is 1. The lowest BCUT2D eigenvalue weighted by molar-refractivity contribution is -0.122. The van der Waals surface area contributed by atoms with E-state index in [9.17, 15) is 4.79 Å². The number of piperidine rings is 1. The second kappa shape index (κ2) is 8.17. The molecule has 1 aromatic rings. The maximum absolute atomic E-state index is 11.7. The number of rotatable bonds is 7. The molecule has 0 atom stereocenters. The first kappa shape index (κ1) is 16.0. The Morgan fingerprint density at radius 3 is 2.81 bits per heavy atom. The Labute approximate surface area is 127 Å². The van der Waals surface area contributed by atoms with Crippen molar-refractivity contribution in [2.24, 2.45) is 5.92 Å². The molecule has 0 bridgehead atoms. The van der Waals surface area contributed by atoms with Crippen LogP contribution in [0.3, 0.4) is 0 Å². The Morgan fingerprint density at radius 2 is 2.14 bits per heavy atom. The molecule has 2 rings (SSSR count). The van der Waals surface area contributed by atoms with Crippen LogP contribution in [0.25, 0.3) is 0 Å². The summed E-state index contributed by atoms with van der Waals surface area (Å²) in [6, 6.07) is 0. The van der Waals surface area contributed by atoms with Gasteiger partial charge in [0, 0.05) is 31.9 Å². The number of imidazole rings is 1. The van der Waals surface area contributed by atoms with Crippen LogP contribution in [-0.2, 0) is 17.8 Å². The van der Waals surface area contributed by atoms with Crippen LogP contribution in [0.15, 0.2) is 12.4 Å². The number of aryl methyl sites for hydroxylation is 1. The summed E-state index contributed by atoms with van der Waals surface area (Å²) in [6.45, 7) is 8.69. The monoisotopic (exact) mass is 292 g/mol. The van der Waals surface area contributed by atoms with Gasteiger partial charge < -0.3 is 9.88 Å². The molecule has 0 unspecified atom stereocenters. The first-order chi connectivity index (χ1) is 10.2. The summed E-state index contributed by atoms with van der Waals surface area (Å²) in [5.41, 5.74) is 0. The van der Waals surface area contributed by atoms with E-state index in [4.69, 9.17) is 0 Å². The van der Waals surface area contributed by atoms with Crippen molar-refractivity contribution in [3.05, 3.63) is 18.2 Å². The Morgan fingerprint density at radius 1 is 1.38 bits per heavy atom. The Bertz CT molecular complexity index is 435. The number of hydrogen-bond donors (Lipinski definition) is 1. The summed E-state index contributed by atoms with van der Waals surface area (Å²) < 4.78 is 2.29. The average Bonchev–Trinajstić information content (AvgIpc) is 2.94. The zero-order valence-corrected chi connectivity index (χ0v) is 13.3. The van der Waals surface area contributed by atoms with E-state index in [1.807, 2.05) is 6.20 Å². The highest BCUT2D eigenvalue weighted by Gasteiger charge is 2.21. The minimum atomic E-state index is 0.165. The third-order valence-corrected chi connectivity index (χ3v) is 4.22. The van der Waals surface area contributed by atoms with E-state index in [1.165, 1.54) is 18.7 Å². The number of nitrogens with one attached hydrogen (secondary N) is 1. The number of carbonyl (C=O) groups excluding carboxylic acids is 1. The number of nitrogens with zero attached hydrogens (tertiary/aromatic N) is 3. The highest BCUT2D eigenvalue weighted by molar-refractivity contribution is 5.77. The van der Waals surface area contributed by atoms with Crippen molar-refractivity contribution in [3.8, 4) is 0 Å². The van der Waals surface area contributed by atoms with Gasteiger partial charge in [-0.3, -0.25) is 9.69 Å². The molecule has 1 fully saturated rings. The van der Waals surface area contributed by atoms with Crippen LogP contribution >= 0.6 is 0 Å². The number of aromatic nitrogens is 2. The molecule has 21 heavy (non-hydrogen) atoms. The minimum absolute atomic E-state index is 0.165. The van der Waals surface area contributed by atoms with Gasteiger partial charge in [-0.05, 0) is 38.3 Å². The normalized spacial score (nSPS) is 17.0.